The molecule has 0 fully saturated rings. The lowest BCUT2D eigenvalue weighted by Gasteiger charge is -2.11. The van der Waals surface area contributed by atoms with Crippen LogP contribution in [0, 0.1) is 6.92 Å². The zero-order chi connectivity index (χ0) is 14.5. The molecule has 0 aliphatic rings. The van der Waals surface area contributed by atoms with Crippen LogP contribution < -0.4 is 11.1 Å². The predicted molar refractivity (Wildman–Crippen MR) is 75.2 cm³/mol. The molecule has 0 saturated heterocycles. The molecule has 6 heteroatoms. The van der Waals surface area contributed by atoms with Crippen molar-refractivity contribution < 1.29 is 9.21 Å². The Morgan fingerprint density at radius 3 is 3.05 bits per heavy atom. The summed E-state index contributed by atoms with van der Waals surface area (Å²) < 4.78 is 7.08. The Morgan fingerprint density at radius 2 is 2.40 bits per heavy atom. The van der Waals surface area contributed by atoms with Crippen molar-refractivity contribution in [2.75, 3.05) is 6.54 Å². The van der Waals surface area contributed by atoms with Gasteiger partial charge in [-0.3, -0.25) is 9.48 Å². The number of hydrogen-bond donors (Lipinski definition) is 2. The molecular weight excluding hydrogens is 256 g/mol. The fourth-order valence-corrected chi connectivity index (χ4v) is 2.02. The smallest absolute Gasteiger partial charge is 0.255 e. The van der Waals surface area contributed by atoms with Gasteiger partial charge in [-0.1, -0.05) is 0 Å². The van der Waals surface area contributed by atoms with Gasteiger partial charge in [0.25, 0.3) is 5.91 Å². The second-order valence-electron chi connectivity index (χ2n) is 4.72. The molecule has 0 aliphatic heterocycles. The van der Waals surface area contributed by atoms with E-state index in [0.29, 0.717) is 12.1 Å². The Morgan fingerprint density at radius 1 is 1.60 bits per heavy atom. The first kappa shape index (κ1) is 14.3. The highest BCUT2D eigenvalue weighted by molar-refractivity contribution is 5.95. The van der Waals surface area contributed by atoms with Crippen LogP contribution in [0.5, 0.6) is 0 Å². The standard InChI is InChI=1S/C14H20N4O2/c1-10(13-5-3-8-20-13)17-14(19)12-9-16-18(11(12)2)7-4-6-15/h3,5,8-10H,4,6-7,15H2,1-2H3,(H,17,19). The van der Waals surface area contributed by atoms with Crippen molar-refractivity contribution in [3.63, 3.8) is 0 Å². The molecule has 1 atom stereocenters. The summed E-state index contributed by atoms with van der Waals surface area (Å²) in [6.07, 6.45) is 4.02. The molecule has 6 nitrogen and oxygen atoms in total. The van der Waals surface area contributed by atoms with E-state index in [0.717, 1.165) is 24.4 Å². The minimum Gasteiger partial charge on any atom is -0.467 e. The van der Waals surface area contributed by atoms with Gasteiger partial charge in [0.1, 0.15) is 5.76 Å². The van der Waals surface area contributed by atoms with Gasteiger partial charge in [0, 0.05) is 12.2 Å². The summed E-state index contributed by atoms with van der Waals surface area (Å²) in [5, 5.41) is 7.12. The Kier molecular flexibility index (Phi) is 4.57. The number of rotatable bonds is 6. The highest BCUT2D eigenvalue weighted by Crippen LogP contribution is 2.14. The first-order chi connectivity index (χ1) is 9.63. The maximum Gasteiger partial charge on any atom is 0.255 e. The van der Waals surface area contributed by atoms with Gasteiger partial charge in [0.15, 0.2) is 0 Å². The topological polar surface area (TPSA) is 86.1 Å². The number of nitrogens with zero attached hydrogens (tertiary/aromatic N) is 2. The Hall–Kier alpha value is -2.08. The van der Waals surface area contributed by atoms with Crippen LogP contribution in [0.25, 0.3) is 0 Å². The average molecular weight is 276 g/mol. The van der Waals surface area contributed by atoms with Crippen molar-refractivity contribution in [3.8, 4) is 0 Å². The first-order valence-electron chi connectivity index (χ1n) is 6.70. The summed E-state index contributed by atoms with van der Waals surface area (Å²) in [5.74, 6) is 0.580. The van der Waals surface area contributed by atoms with Gasteiger partial charge in [-0.05, 0) is 38.9 Å². The lowest BCUT2D eigenvalue weighted by Crippen LogP contribution is -2.26. The number of hydrogen-bond acceptors (Lipinski definition) is 4. The second-order valence-corrected chi connectivity index (χ2v) is 4.72. The molecule has 2 rings (SSSR count). The van der Waals surface area contributed by atoms with Gasteiger partial charge in [0.05, 0.1) is 24.1 Å². The van der Waals surface area contributed by atoms with E-state index in [9.17, 15) is 4.79 Å². The van der Waals surface area contributed by atoms with E-state index in [1.54, 1.807) is 23.2 Å². The molecule has 0 aromatic carbocycles. The summed E-state index contributed by atoms with van der Waals surface area (Å²) in [6.45, 7) is 5.10. The van der Waals surface area contributed by atoms with Crippen LogP contribution in [0.2, 0.25) is 0 Å². The maximum atomic E-state index is 12.2. The Bertz CT molecular complexity index is 560. The number of carbonyl (C=O) groups excluding carboxylic acids is 1. The van der Waals surface area contributed by atoms with Crippen LogP contribution in [0.1, 0.15) is 41.2 Å². The number of carbonyl (C=O) groups is 1. The van der Waals surface area contributed by atoms with Crippen LogP contribution in [0.4, 0.5) is 0 Å². The summed E-state index contributed by atoms with van der Waals surface area (Å²) in [4.78, 5) is 12.2. The van der Waals surface area contributed by atoms with E-state index < -0.39 is 0 Å². The molecule has 0 bridgehead atoms. The van der Waals surface area contributed by atoms with Crippen molar-refractivity contribution in [1.29, 1.82) is 0 Å². The molecule has 108 valence electrons. The van der Waals surface area contributed by atoms with Gasteiger partial charge in [-0.15, -0.1) is 0 Å². The van der Waals surface area contributed by atoms with Crippen molar-refractivity contribution in [1.82, 2.24) is 15.1 Å². The Balaban J connectivity index is 2.04. The monoisotopic (exact) mass is 276 g/mol. The highest BCUT2D eigenvalue weighted by atomic mass is 16.3. The molecule has 2 aromatic heterocycles. The molecule has 1 amide bonds. The number of nitrogens with one attached hydrogen (secondary N) is 1. The average Bonchev–Trinajstić information content (AvgIpc) is 3.06. The first-order valence-corrected chi connectivity index (χ1v) is 6.70. The van der Waals surface area contributed by atoms with Crippen LogP contribution in [-0.2, 0) is 6.54 Å². The van der Waals surface area contributed by atoms with E-state index >= 15 is 0 Å². The molecule has 20 heavy (non-hydrogen) atoms. The molecule has 0 saturated carbocycles. The molecule has 0 aliphatic carbocycles. The highest BCUT2D eigenvalue weighted by Gasteiger charge is 2.17. The van der Waals surface area contributed by atoms with Crippen LogP contribution in [-0.4, -0.2) is 22.2 Å². The summed E-state index contributed by atoms with van der Waals surface area (Å²) in [6, 6.07) is 3.46. The zero-order valence-electron chi connectivity index (χ0n) is 11.8. The lowest BCUT2D eigenvalue weighted by atomic mass is 10.2. The van der Waals surface area contributed by atoms with Crippen LogP contribution in [0.15, 0.2) is 29.0 Å². The van der Waals surface area contributed by atoms with Gasteiger partial charge in [0.2, 0.25) is 0 Å². The third-order valence-electron chi connectivity index (χ3n) is 3.24. The third-order valence-corrected chi connectivity index (χ3v) is 3.24. The maximum absolute atomic E-state index is 12.2. The number of aromatic nitrogens is 2. The van der Waals surface area contributed by atoms with Crippen molar-refractivity contribution in [2.24, 2.45) is 5.73 Å². The molecule has 0 radical (unpaired) electrons. The minimum atomic E-state index is -0.177. The van der Waals surface area contributed by atoms with Gasteiger partial charge in [-0.25, -0.2) is 0 Å². The van der Waals surface area contributed by atoms with E-state index in [1.165, 1.54) is 0 Å². The summed E-state index contributed by atoms with van der Waals surface area (Å²) in [7, 11) is 0. The number of amides is 1. The Labute approximate surface area is 117 Å². The van der Waals surface area contributed by atoms with Crippen molar-refractivity contribution >= 4 is 5.91 Å². The fraction of sp³-hybridized carbons (Fsp3) is 0.429. The van der Waals surface area contributed by atoms with Crippen molar-refractivity contribution in [3.05, 3.63) is 41.6 Å². The molecule has 3 N–H and O–H groups in total. The van der Waals surface area contributed by atoms with Gasteiger partial charge < -0.3 is 15.5 Å². The minimum absolute atomic E-state index is 0.148. The molecule has 1 unspecified atom stereocenters. The van der Waals surface area contributed by atoms with E-state index in [-0.39, 0.29) is 11.9 Å². The second kappa shape index (κ2) is 6.38. The van der Waals surface area contributed by atoms with Gasteiger partial charge >= 0.3 is 0 Å². The summed E-state index contributed by atoms with van der Waals surface area (Å²) >= 11 is 0. The molecule has 2 aromatic rings. The fourth-order valence-electron chi connectivity index (χ4n) is 2.02. The van der Waals surface area contributed by atoms with Crippen LogP contribution >= 0.6 is 0 Å². The normalized spacial score (nSPS) is 12.3. The zero-order valence-corrected chi connectivity index (χ0v) is 11.8. The number of aryl methyl sites for hydroxylation is 1. The SMILES string of the molecule is Cc1c(C(=O)NC(C)c2ccco2)cnn1CCCN. The third kappa shape index (κ3) is 3.08. The van der Waals surface area contributed by atoms with E-state index in [1.807, 2.05) is 19.9 Å². The molecule has 0 spiro atoms. The quantitative estimate of drug-likeness (QED) is 0.839. The lowest BCUT2D eigenvalue weighted by molar-refractivity contribution is 0.0934. The van der Waals surface area contributed by atoms with Crippen molar-refractivity contribution in [2.45, 2.75) is 32.9 Å². The number of furan rings is 1. The van der Waals surface area contributed by atoms with Gasteiger partial charge in [-0.2, -0.15) is 5.10 Å². The predicted octanol–water partition coefficient (Wildman–Crippen LogP) is 1.62. The number of nitrogens with two attached hydrogens (primary N) is 1. The molecule has 2 heterocycles. The van der Waals surface area contributed by atoms with E-state index in [4.69, 9.17) is 10.2 Å². The van der Waals surface area contributed by atoms with Crippen LogP contribution in [0.3, 0.4) is 0 Å². The summed E-state index contributed by atoms with van der Waals surface area (Å²) in [5.41, 5.74) is 6.92. The largest absolute Gasteiger partial charge is 0.467 e. The van der Waals surface area contributed by atoms with E-state index in [2.05, 4.69) is 10.4 Å². The molecular formula is C14H20N4O2.